The first kappa shape index (κ1) is 18.4. The largest absolute Gasteiger partial charge is 0.388 e. The highest BCUT2D eigenvalue weighted by atomic mass is 32.2. The molecule has 0 saturated heterocycles. The Morgan fingerprint density at radius 3 is 2.23 bits per heavy atom. The van der Waals surface area contributed by atoms with E-state index in [1.54, 1.807) is 27.7 Å². The maximum absolute atomic E-state index is 12.1. The van der Waals surface area contributed by atoms with Gasteiger partial charge in [-0.2, -0.15) is 0 Å². The number of hydrogen-bond donors (Lipinski definition) is 1. The minimum absolute atomic E-state index is 0.0798. The lowest BCUT2D eigenvalue weighted by Gasteiger charge is -2.21. The summed E-state index contributed by atoms with van der Waals surface area (Å²) in [6.45, 7) is 6.92. The quantitative estimate of drug-likeness (QED) is 0.639. The van der Waals surface area contributed by atoms with Crippen LogP contribution in [0.3, 0.4) is 0 Å². The molecule has 0 aliphatic carbocycles. The predicted molar refractivity (Wildman–Crippen MR) is 85.0 cm³/mol. The number of ketones is 1. The zero-order valence-electron chi connectivity index (χ0n) is 13.1. The second kappa shape index (κ2) is 7.11. The molecule has 22 heavy (non-hydrogen) atoms. The van der Waals surface area contributed by atoms with Crippen LogP contribution in [-0.2, 0) is 15.6 Å². The van der Waals surface area contributed by atoms with Gasteiger partial charge in [-0.05, 0) is 38.5 Å². The van der Waals surface area contributed by atoms with Crippen LogP contribution in [-0.4, -0.2) is 30.5 Å². The molecule has 0 bridgehead atoms. The molecule has 0 aromatic heterocycles. The van der Waals surface area contributed by atoms with Crippen LogP contribution in [0.4, 0.5) is 5.69 Å². The van der Waals surface area contributed by atoms with Crippen molar-refractivity contribution >= 4 is 22.3 Å². The Morgan fingerprint density at radius 2 is 1.82 bits per heavy atom. The molecule has 1 rings (SSSR count). The number of nitro benzene ring substituents is 1. The molecule has 1 N–H and O–H groups in total. The number of carbonyl (C=O) groups is 1. The number of aliphatic hydroxyl groups excluding tert-OH is 1. The van der Waals surface area contributed by atoms with Gasteiger partial charge in [-0.1, -0.05) is 6.92 Å². The second-order valence-electron chi connectivity index (χ2n) is 6.15. The van der Waals surface area contributed by atoms with Crippen LogP contribution in [0.25, 0.3) is 0 Å². The summed E-state index contributed by atoms with van der Waals surface area (Å²) < 4.78 is 11.5. The van der Waals surface area contributed by atoms with Crippen LogP contribution >= 0.6 is 0 Å². The smallest absolute Gasteiger partial charge is 0.269 e. The number of nitro groups is 1. The van der Waals surface area contributed by atoms with Gasteiger partial charge in [0.2, 0.25) is 0 Å². The van der Waals surface area contributed by atoms with Gasteiger partial charge in [-0.25, -0.2) is 0 Å². The Bertz CT molecular complexity index is 577. The monoisotopic (exact) mass is 327 g/mol. The highest BCUT2D eigenvalue weighted by Crippen LogP contribution is 2.25. The Balaban J connectivity index is 2.79. The van der Waals surface area contributed by atoms with Gasteiger partial charge in [-0.15, -0.1) is 0 Å². The molecule has 6 nitrogen and oxygen atoms in total. The van der Waals surface area contributed by atoms with Crippen LogP contribution < -0.4 is 0 Å². The van der Waals surface area contributed by atoms with E-state index < -0.39 is 32.5 Å². The van der Waals surface area contributed by atoms with Crippen molar-refractivity contribution < 1.29 is 19.0 Å². The first-order valence-corrected chi connectivity index (χ1v) is 8.19. The lowest BCUT2D eigenvalue weighted by Crippen LogP contribution is -2.31. The van der Waals surface area contributed by atoms with Crippen LogP contribution in [0.5, 0.6) is 0 Å². The van der Waals surface area contributed by atoms with E-state index >= 15 is 0 Å². The molecule has 7 heteroatoms. The van der Waals surface area contributed by atoms with Crippen molar-refractivity contribution in [3.63, 3.8) is 0 Å². The van der Waals surface area contributed by atoms with Gasteiger partial charge in [0.1, 0.15) is 0 Å². The highest BCUT2D eigenvalue weighted by molar-refractivity contribution is 7.87. The Hall–Kier alpha value is -1.60. The summed E-state index contributed by atoms with van der Waals surface area (Å²) in [6.07, 6.45) is -1.08. The SMILES string of the molecule is C[C@@H](C(=O)C[S@@](=O)C(C)(C)C)[C@@H](O)c1ccc([N+](=O)[O-])cc1. The normalized spacial score (nSPS) is 15.9. The van der Waals surface area contributed by atoms with Crippen molar-refractivity contribution in [2.75, 3.05) is 5.75 Å². The van der Waals surface area contributed by atoms with Gasteiger partial charge in [-0.3, -0.25) is 19.1 Å². The van der Waals surface area contributed by atoms with Gasteiger partial charge in [0, 0.05) is 33.6 Å². The van der Waals surface area contributed by atoms with Gasteiger partial charge < -0.3 is 5.11 Å². The molecule has 122 valence electrons. The summed E-state index contributed by atoms with van der Waals surface area (Å²) in [5.41, 5.74) is 0.344. The van der Waals surface area contributed by atoms with Crippen molar-refractivity contribution in [1.29, 1.82) is 0 Å². The zero-order valence-corrected chi connectivity index (χ0v) is 13.9. The number of non-ortho nitro benzene ring substituents is 1. The fraction of sp³-hybridized carbons (Fsp3) is 0.533. The summed E-state index contributed by atoms with van der Waals surface area (Å²) in [7, 11) is -1.32. The van der Waals surface area contributed by atoms with E-state index in [1.165, 1.54) is 24.3 Å². The molecule has 3 atom stereocenters. The van der Waals surface area contributed by atoms with E-state index in [-0.39, 0.29) is 17.2 Å². The molecule has 0 heterocycles. The molecular weight excluding hydrogens is 306 g/mol. The lowest BCUT2D eigenvalue weighted by atomic mass is 9.94. The number of Topliss-reactive ketones (excluding diaryl/α,β-unsaturated/α-hetero) is 1. The number of hydrogen-bond acceptors (Lipinski definition) is 5. The van der Waals surface area contributed by atoms with E-state index in [0.717, 1.165) is 0 Å². The number of rotatable bonds is 6. The summed E-state index contributed by atoms with van der Waals surface area (Å²) >= 11 is 0. The molecule has 0 aliphatic heterocycles. The molecule has 0 radical (unpaired) electrons. The maximum atomic E-state index is 12.1. The maximum Gasteiger partial charge on any atom is 0.269 e. The predicted octanol–water partition coefficient (Wildman–Crippen LogP) is 2.38. The van der Waals surface area contributed by atoms with Gasteiger partial charge in [0.05, 0.1) is 16.8 Å². The number of benzene rings is 1. The molecule has 0 amide bonds. The van der Waals surface area contributed by atoms with Crippen molar-refractivity contribution in [3.8, 4) is 0 Å². The molecular formula is C15H21NO5S. The lowest BCUT2D eigenvalue weighted by molar-refractivity contribution is -0.384. The van der Waals surface area contributed by atoms with Gasteiger partial charge in [0.15, 0.2) is 5.78 Å². The number of nitrogens with zero attached hydrogens (tertiary/aromatic N) is 1. The fourth-order valence-electron chi connectivity index (χ4n) is 1.74. The van der Waals surface area contributed by atoms with Crippen LogP contribution in [0.15, 0.2) is 24.3 Å². The number of carbonyl (C=O) groups excluding carboxylic acids is 1. The highest BCUT2D eigenvalue weighted by Gasteiger charge is 2.28. The Kier molecular flexibility index (Phi) is 5.96. The van der Waals surface area contributed by atoms with Crippen molar-refractivity contribution in [2.45, 2.75) is 38.5 Å². The molecule has 1 aromatic rings. The number of aliphatic hydroxyl groups is 1. The van der Waals surface area contributed by atoms with Crippen molar-refractivity contribution in [3.05, 3.63) is 39.9 Å². The third-order valence-electron chi connectivity index (χ3n) is 3.38. The second-order valence-corrected chi connectivity index (χ2v) is 8.36. The van der Waals surface area contributed by atoms with E-state index in [9.17, 15) is 24.2 Å². The van der Waals surface area contributed by atoms with Crippen LogP contribution in [0.1, 0.15) is 39.4 Å². The molecule has 0 saturated carbocycles. The average molecular weight is 327 g/mol. The Morgan fingerprint density at radius 1 is 1.32 bits per heavy atom. The third kappa shape index (κ3) is 4.71. The summed E-state index contributed by atoms with van der Waals surface area (Å²) in [5.74, 6) is -1.14. The first-order chi connectivity index (χ1) is 10.0. The molecule has 0 fully saturated rings. The molecule has 0 unspecified atom stereocenters. The van der Waals surface area contributed by atoms with E-state index in [2.05, 4.69) is 0 Å². The third-order valence-corrected chi connectivity index (χ3v) is 5.30. The summed E-state index contributed by atoms with van der Waals surface area (Å²) in [6, 6.07) is 5.41. The molecule has 0 spiro atoms. The molecule has 0 aliphatic rings. The summed E-state index contributed by atoms with van der Waals surface area (Å²) in [5, 5.41) is 20.8. The van der Waals surface area contributed by atoms with Crippen LogP contribution in [0, 0.1) is 16.0 Å². The van der Waals surface area contributed by atoms with Crippen LogP contribution in [0.2, 0.25) is 0 Å². The zero-order chi connectivity index (χ0) is 17.1. The average Bonchev–Trinajstić information content (AvgIpc) is 2.44. The van der Waals surface area contributed by atoms with Crippen molar-refractivity contribution in [1.82, 2.24) is 0 Å². The summed E-state index contributed by atoms with van der Waals surface area (Å²) in [4.78, 5) is 22.2. The van der Waals surface area contributed by atoms with Crippen molar-refractivity contribution in [2.24, 2.45) is 5.92 Å². The Labute approximate surface area is 132 Å². The van der Waals surface area contributed by atoms with E-state index in [0.29, 0.717) is 5.56 Å². The van der Waals surface area contributed by atoms with Gasteiger partial charge >= 0.3 is 0 Å². The minimum atomic E-state index is -1.32. The van der Waals surface area contributed by atoms with Gasteiger partial charge in [0.25, 0.3) is 5.69 Å². The molecule has 1 aromatic carbocycles. The minimum Gasteiger partial charge on any atom is -0.388 e. The standard InChI is InChI=1S/C15H21NO5S/c1-10(13(17)9-22(21)15(2,3)4)14(18)11-5-7-12(8-6-11)16(19)20/h5-8,10,14,18H,9H2,1-4H3/t10-,14+,22+/m0/s1. The first-order valence-electron chi connectivity index (χ1n) is 6.87. The van der Waals surface area contributed by atoms with E-state index in [4.69, 9.17) is 0 Å². The topological polar surface area (TPSA) is 97.5 Å². The van der Waals surface area contributed by atoms with E-state index in [1.807, 2.05) is 0 Å². The fourth-order valence-corrected chi connectivity index (χ4v) is 2.69.